The van der Waals surface area contributed by atoms with Crippen LogP contribution in [0.1, 0.15) is 11.6 Å². The number of urea groups is 1. The number of hydrogen-bond donors (Lipinski definition) is 1. The number of rotatable bonds is 2. The second-order valence-corrected chi connectivity index (χ2v) is 7.00. The minimum atomic E-state index is -0.437. The molecule has 0 fully saturated rings. The topological polar surface area (TPSA) is 52.7 Å². The van der Waals surface area contributed by atoms with Crippen LogP contribution in [0.5, 0.6) is 0 Å². The lowest BCUT2D eigenvalue weighted by atomic mass is 9.96. The van der Waals surface area contributed by atoms with Gasteiger partial charge in [-0.3, -0.25) is 9.69 Å². The Hall–Kier alpha value is -2.60. The predicted molar refractivity (Wildman–Crippen MR) is 99.0 cm³/mol. The van der Waals surface area contributed by atoms with Crippen LogP contribution >= 0.6 is 15.9 Å². The fraction of sp³-hybridized carbons (Fsp3) is 0.158. The van der Waals surface area contributed by atoms with Crippen molar-refractivity contribution in [2.75, 3.05) is 18.5 Å². The highest BCUT2D eigenvalue weighted by Crippen LogP contribution is 2.37. The van der Waals surface area contributed by atoms with Crippen molar-refractivity contribution in [1.82, 2.24) is 10.2 Å². The Morgan fingerprint density at radius 1 is 1.04 bits per heavy atom. The van der Waals surface area contributed by atoms with Gasteiger partial charge in [-0.1, -0.05) is 46.3 Å². The van der Waals surface area contributed by atoms with E-state index in [2.05, 4.69) is 21.2 Å². The van der Waals surface area contributed by atoms with Crippen molar-refractivity contribution in [2.45, 2.75) is 6.04 Å². The summed E-state index contributed by atoms with van der Waals surface area (Å²) in [6.07, 6.45) is 0. The van der Waals surface area contributed by atoms with Crippen LogP contribution in [0, 0.1) is 0 Å². The summed E-state index contributed by atoms with van der Waals surface area (Å²) in [6.45, 7) is 0.398. The van der Waals surface area contributed by atoms with Crippen molar-refractivity contribution in [3.05, 3.63) is 75.9 Å². The Morgan fingerprint density at radius 3 is 2.40 bits per heavy atom. The van der Waals surface area contributed by atoms with Gasteiger partial charge in [0.15, 0.2) is 0 Å². The van der Waals surface area contributed by atoms with Crippen LogP contribution in [0.3, 0.4) is 0 Å². The molecular weight excluding hydrogens is 382 g/mol. The Labute approximate surface area is 154 Å². The Bertz CT molecular complexity index is 877. The Kier molecular flexibility index (Phi) is 3.84. The van der Waals surface area contributed by atoms with Crippen LogP contribution in [0.25, 0.3) is 0 Å². The molecule has 2 heterocycles. The van der Waals surface area contributed by atoms with Gasteiger partial charge in [0.25, 0.3) is 5.91 Å². The van der Waals surface area contributed by atoms with Crippen LogP contribution in [0.2, 0.25) is 0 Å². The number of nitrogens with one attached hydrogen (secondary N) is 1. The maximum atomic E-state index is 13.1. The molecule has 1 N–H and O–H groups in total. The normalized spacial score (nSPS) is 20.0. The highest BCUT2D eigenvalue weighted by molar-refractivity contribution is 9.10. The average molecular weight is 398 g/mol. The van der Waals surface area contributed by atoms with Gasteiger partial charge >= 0.3 is 6.03 Å². The Morgan fingerprint density at radius 2 is 1.72 bits per heavy atom. The molecule has 126 valence electrons. The third-order valence-corrected chi connectivity index (χ3v) is 5.16. The van der Waals surface area contributed by atoms with Gasteiger partial charge in [-0.05, 0) is 29.8 Å². The number of carbonyl (C=O) groups excluding carboxylic acids is 2. The number of nitrogens with zero attached hydrogens (tertiary/aromatic N) is 2. The molecule has 0 radical (unpaired) electrons. The molecule has 0 spiro atoms. The number of anilines is 1. The van der Waals surface area contributed by atoms with Gasteiger partial charge in [0, 0.05) is 17.2 Å². The molecule has 2 aromatic rings. The summed E-state index contributed by atoms with van der Waals surface area (Å²) in [4.78, 5) is 28.8. The number of carbonyl (C=O) groups is 2. The smallest absolute Gasteiger partial charge is 0.322 e. The summed E-state index contributed by atoms with van der Waals surface area (Å²) in [6, 6.07) is 16.6. The fourth-order valence-electron chi connectivity index (χ4n) is 3.29. The molecule has 0 bridgehead atoms. The number of hydrogen-bond acceptors (Lipinski definition) is 2. The van der Waals surface area contributed by atoms with E-state index in [1.54, 1.807) is 11.9 Å². The third kappa shape index (κ3) is 2.62. The van der Waals surface area contributed by atoms with E-state index in [-0.39, 0.29) is 11.9 Å². The highest BCUT2D eigenvalue weighted by atomic mass is 79.9. The van der Waals surface area contributed by atoms with Gasteiger partial charge in [0.05, 0.1) is 23.9 Å². The first-order valence-electron chi connectivity index (χ1n) is 7.96. The molecule has 2 aliphatic rings. The van der Waals surface area contributed by atoms with Gasteiger partial charge in [-0.25, -0.2) is 4.79 Å². The second kappa shape index (κ2) is 6.04. The summed E-state index contributed by atoms with van der Waals surface area (Å²) in [5, 5.41) is 2.94. The molecular formula is C19H16BrN3O2. The van der Waals surface area contributed by atoms with Crippen LogP contribution in [-0.4, -0.2) is 30.4 Å². The molecule has 0 saturated carbocycles. The van der Waals surface area contributed by atoms with E-state index in [0.717, 1.165) is 21.4 Å². The van der Waals surface area contributed by atoms with Crippen molar-refractivity contribution >= 4 is 33.6 Å². The zero-order chi connectivity index (χ0) is 17.6. The van der Waals surface area contributed by atoms with Crippen LogP contribution in [-0.2, 0) is 4.79 Å². The van der Waals surface area contributed by atoms with Gasteiger partial charge in [0.1, 0.15) is 0 Å². The predicted octanol–water partition coefficient (Wildman–Crippen LogP) is 3.45. The molecule has 0 aliphatic carbocycles. The van der Waals surface area contributed by atoms with E-state index in [1.807, 2.05) is 54.6 Å². The average Bonchev–Trinajstić information content (AvgIpc) is 2.97. The summed E-state index contributed by atoms with van der Waals surface area (Å²) in [5.74, 6) is -0.0685. The van der Waals surface area contributed by atoms with E-state index in [4.69, 9.17) is 0 Å². The van der Waals surface area contributed by atoms with Crippen molar-refractivity contribution in [1.29, 1.82) is 0 Å². The number of amides is 3. The van der Waals surface area contributed by atoms with Crippen molar-refractivity contribution in [3.8, 4) is 0 Å². The summed E-state index contributed by atoms with van der Waals surface area (Å²) < 4.78 is 0.952. The maximum absolute atomic E-state index is 13.1. The first kappa shape index (κ1) is 15.9. The highest BCUT2D eigenvalue weighted by Gasteiger charge is 2.43. The lowest BCUT2D eigenvalue weighted by Crippen LogP contribution is -2.45. The second-order valence-electron chi connectivity index (χ2n) is 6.08. The molecule has 0 aromatic heterocycles. The first-order chi connectivity index (χ1) is 12.1. The summed E-state index contributed by atoms with van der Waals surface area (Å²) in [5.41, 5.74) is 3.11. The van der Waals surface area contributed by atoms with Crippen molar-refractivity contribution in [3.63, 3.8) is 0 Å². The van der Waals surface area contributed by atoms with E-state index in [9.17, 15) is 9.59 Å². The Balaban J connectivity index is 1.77. The van der Waals surface area contributed by atoms with Crippen molar-refractivity contribution in [2.24, 2.45) is 0 Å². The lowest BCUT2D eigenvalue weighted by molar-refractivity contribution is -0.114. The van der Waals surface area contributed by atoms with E-state index in [1.165, 1.54) is 4.90 Å². The van der Waals surface area contributed by atoms with E-state index in [0.29, 0.717) is 12.1 Å². The molecule has 1 atom stereocenters. The van der Waals surface area contributed by atoms with E-state index < -0.39 is 6.04 Å². The SMILES string of the molecule is CN1C(=O)N[C@H](c2ccc(Br)cc2)C2=C1CN(c1ccccc1)C2=O. The van der Waals surface area contributed by atoms with E-state index >= 15 is 0 Å². The van der Waals surface area contributed by atoms with Crippen LogP contribution in [0.4, 0.5) is 10.5 Å². The molecule has 3 amide bonds. The van der Waals surface area contributed by atoms with Gasteiger partial charge in [0.2, 0.25) is 0 Å². The quantitative estimate of drug-likeness (QED) is 0.843. The zero-order valence-electron chi connectivity index (χ0n) is 13.6. The summed E-state index contributed by atoms with van der Waals surface area (Å²) in [7, 11) is 1.70. The fourth-order valence-corrected chi connectivity index (χ4v) is 3.55. The van der Waals surface area contributed by atoms with Gasteiger partial charge in [-0.2, -0.15) is 0 Å². The molecule has 0 saturated heterocycles. The molecule has 25 heavy (non-hydrogen) atoms. The molecule has 4 rings (SSSR count). The number of para-hydroxylation sites is 1. The standard InChI is InChI=1S/C19H16BrN3O2/c1-22-15-11-23(14-5-3-2-4-6-14)18(24)16(15)17(21-19(22)25)12-7-9-13(20)10-8-12/h2-10,17H,11H2,1H3,(H,21,25)/t17-/m1/s1. The molecule has 2 aromatic carbocycles. The minimum absolute atomic E-state index is 0.0685. The molecule has 2 aliphatic heterocycles. The minimum Gasteiger partial charge on any atom is -0.327 e. The van der Waals surface area contributed by atoms with Crippen LogP contribution in [0.15, 0.2) is 70.3 Å². The number of likely N-dealkylation sites (N-methyl/N-ethyl adjacent to an activating group) is 1. The van der Waals surface area contributed by atoms with Crippen LogP contribution < -0.4 is 10.2 Å². The third-order valence-electron chi connectivity index (χ3n) is 4.63. The van der Waals surface area contributed by atoms with Gasteiger partial charge < -0.3 is 10.2 Å². The maximum Gasteiger partial charge on any atom is 0.322 e. The number of benzene rings is 2. The number of halogens is 1. The largest absolute Gasteiger partial charge is 0.327 e. The monoisotopic (exact) mass is 397 g/mol. The first-order valence-corrected chi connectivity index (χ1v) is 8.75. The zero-order valence-corrected chi connectivity index (χ0v) is 15.2. The molecule has 5 nitrogen and oxygen atoms in total. The lowest BCUT2D eigenvalue weighted by Gasteiger charge is -2.31. The molecule has 0 unspecified atom stereocenters. The van der Waals surface area contributed by atoms with Gasteiger partial charge in [-0.15, -0.1) is 0 Å². The van der Waals surface area contributed by atoms with Crippen molar-refractivity contribution < 1.29 is 9.59 Å². The molecule has 6 heteroatoms. The summed E-state index contributed by atoms with van der Waals surface area (Å²) >= 11 is 3.42.